The predicted molar refractivity (Wildman–Crippen MR) is 142 cm³/mol. The van der Waals surface area contributed by atoms with Crippen molar-refractivity contribution >= 4 is 47.1 Å². The van der Waals surface area contributed by atoms with Gasteiger partial charge in [-0.15, -0.1) is 35.3 Å². The van der Waals surface area contributed by atoms with Gasteiger partial charge in [0.25, 0.3) is 0 Å². The van der Waals surface area contributed by atoms with Crippen molar-refractivity contribution in [2.45, 2.75) is 58.8 Å². The van der Waals surface area contributed by atoms with Gasteiger partial charge in [0.05, 0.1) is 18.8 Å². The summed E-state index contributed by atoms with van der Waals surface area (Å²) in [5.74, 6) is 1.84. The number of nitrogens with zero attached hydrogens (tertiary/aromatic N) is 3. The van der Waals surface area contributed by atoms with Crippen LogP contribution < -0.4 is 15.5 Å². The summed E-state index contributed by atoms with van der Waals surface area (Å²) in [6.07, 6.45) is 2.39. The number of hydrogen-bond acceptors (Lipinski definition) is 5. The van der Waals surface area contributed by atoms with E-state index in [0.717, 1.165) is 43.5 Å². The maximum atomic E-state index is 5.82. The lowest BCUT2D eigenvalue weighted by atomic mass is 9.91. The highest BCUT2D eigenvalue weighted by Gasteiger charge is 2.23. The van der Waals surface area contributed by atoms with Crippen LogP contribution in [0.3, 0.4) is 0 Å². The largest absolute Gasteiger partial charge is 0.372 e. The third kappa shape index (κ3) is 7.61. The number of aromatic nitrogens is 1. The minimum Gasteiger partial charge on any atom is -0.372 e. The van der Waals surface area contributed by atoms with E-state index in [9.17, 15) is 0 Å². The molecule has 1 aliphatic rings. The summed E-state index contributed by atoms with van der Waals surface area (Å²) in [4.78, 5) is 13.1. The van der Waals surface area contributed by atoms with Crippen LogP contribution in [0.15, 0.2) is 40.8 Å². The molecule has 0 aliphatic carbocycles. The zero-order valence-electron chi connectivity index (χ0n) is 19.2. The molecule has 2 aromatic heterocycles. The molecular weight excluding hydrogens is 521 g/mol. The zero-order chi connectivity index (χ0) is 21.6. The third-order valence-corrected chi connectivity index (χ3v) is 6.44. The van der Waals surface area contributed by atoms with Gasteiger partial charge in [0.15, 0.2) is 5.96 Å². The Bertz CT molecular complexity index is 800. The third-order valence-electron chi connectivity index (χ3n) is 5.20. The fraction of sp³-hybridized carbons (Fsp3) is 0.565. The number of ether oxygens (including phenoxy) is 1. The van der Waals surface area contributed by atoms with Gasteiger partial charge < -0.3 is 20.3 Å². The molecule has 2 unspecified atom stereocenters. The van der Waals surface area contributed by atoms with Crippen LogP contribution in [-0.2, 0) is 16.7 Å². The number of guanidine groups is 1. The number of rotatable bonds is 7. The van der Waals surface area contributed by atoms with Crippen LogP contribution in [0, 0.1) is 0 Å². The van der Waals surface area contributed by atoms with Crippen molar-refractivity contribution in [1.82, 2.24) is 15.6 Å². The molecule has 1 fully saturated rings. The topological polar surface area (TPSA) is 61.8 Å². The van der Waals surface area contributed by atoms with Crippen molar-refractivity contribution in [3.05, 3.63) is 46.3 Å². The van der Waals surface area contributed by atoms with Gasteiger partial charge in [0, 0.05) is 42.7 Å². The van der Waals surface area contributed by atoms with E-state index >= 15 is 0 Å². The first-order valence-electron chi connectivity index (χ1n) is 10.8. The number of aliphatic imine (C=N–C) groups is 1. The second kappa shape index (κ2) is 12.0. The van der Waals surface area contributed by atoms with Crippen LogP contribution in [-0.4, -0.2) is 49.3 Å². The van der Waals surface area contributed by atoms with E-state index in [1.54, 1.807) is 11.3 Å². The second-order valence-corrected chi connectivity index (χ2v) is 9.54. The molecule has 3 rings (SSSR count). The summed E-state index contributed by atoms with van der Waals surface area (Å²) in [6, 6.07) is 8.52. The minimum absolute atomic E-state index is 0. The summed E-state index contributed by atoms with van der Waals surface area (Å²) >= 11 is 1.80. The summed E-state index contributed by atoms with van der Waals surface area (Å²) < 4.78 is 5.82. The number of nitrogens with one attached hydrogen (secondary N) is 2. The molecule has 172 valence electrons. The smallest absolute Gasteiger partial charge is 0.191 e. The van der Waals surface area contributed by atoms with E-state index in [0.29, 0.717) is 6.54 Å². The van der Waals surface area contributed by atoms with Crippen LogP contribution in [0.4, 0.5) is 5.82 Å². The summed E-state index contributed by atoms with van der Waals surface area (Å²) in [6.45, 7) is 14.8. The number of anilines is 1. The molecule has 2 atom stereocenters. The number of pyridine rings is 1. The van der Waals surface area contributed by atoms with Crippen molar-refractivity contribution in [1.29, 1.82) is 0 Å². The molecule has 8 heteroatoms. The average Bonchev–Trinajstić information content (AvgIpc) is 3.26. The molecule has 0 aromatic carbocycles. The zero-order valence-corrected chi connectivity index (χ0v) is 22.4. The van der Waals surface area contributed by atoms with Gasteiger partial charge in [-0.1, -0.05) is 26.0 Å². The summed E-state index contributed by atoms with van der Waals surface area (Å²) in [7, 11) is 0. The van der Waals surface area contributed by atoms with E-state index < -0.39 is 0 Å². The Kier molecular flexibility index (Phi) is 10.0. The maximum absolute atomic E-state index is 5.82. The van der Waals surface area contributed by atoms with Gasteiger partial charge in [0.2, 0.25) is 0 Å². The lowest BCUT2D eigenvalue weighted by Crippen LogP contribution is -2.45. The van der Waals surface area contributed by atoms with Crippen molar-refractivity contribution in [3.63, 3.8) is 0 Å². The molecular formula is C23H36IN5OS. The second-order valence-electron chi connectivity index (χ2n) is 8.60. The maximum Gasteiger partial charge on any atom is 0.191 e. The highest BCUT2D eigenvalue weighted by atomic mass is 127. The normalized spacial score (nSPS) is 19.6. The van der Waals surface area contributed by atoms with Crippen LogP contribution in [0.2, 0.25) is 0 Å². The lowest BCUT2D eigenvalue weighted by molar-refractivity contribution is -0.00545. The van der Waals surface area contributed by atoms with Gasteiger partial charge in [-0.3, -0.25) is 0 Å². The highest BCUT2D eigenvalue weighted by molar-refractivity contribution is 14.0. The molecule has 0 radical (unpaired) electrons. The Morgan fingerprint density at radius 2 is 1.97 bits per heavy atom. The highest BCUT2D eigenvalue weighted by Crippen LogP contribution is 2.26. The minimum atomic E-state index is 0. The summed E-state index contributed by atoms with van der Waals surface area (Å²) in [5.41, 5.74) is 1.16. The first-order valence-corrected chi connectivity index (χ1v) is 11.7. The fourth-order valence-corrected chi connectivity index (χ4v) is 4.48. The van der Waals surface area contributed by atoms with Crippen LogP contribution in [0.5, 0.6) is 0 Å². The molecule has 3 heterocycles. The van der Waals surface area contributed by atoms with Gasteiger partial charge in [-0.05, 0) is 43.8 Å². The van der Waals surface area contributed by atoms with Gasteiger partial charge in [0.1, 0.15) is 5.82 Å². The molecule has 0 saturated carbocycles. The number of thiophene rings is 1. The van der Waals surface area contributed by atoms with Crippen molar-refractivity contribution < 1.29 is 4.74 Å². The van der Waals surface area contributed by atoms with Crippen molar-refractivity contribution in [3.8, 4) is 0 Å². The fourth-order valence-electron chi connectivity index (χ4n) is 3.63. The van der Waals surface area contributed by atoms with E-state index in [1.165, 1.54) is 4.88 Å². The first kappa shape index (κ1) is 25.9. The molecule has 1 aliphatic heterocycles. The van der Waals surface area contributed by atoms with E-state index in [2.05, 4.69) is 84.8 Å². The Morgan fingerprint density at radius 3 is 2.55 bits per heavy atom. The molecule has 2 N–H and O–H groups in total. The van der Waals surface area contributed by atoms with E-state index in [-0.39, 0.29) is 41.6 Å². The van der Waals surface area contributed by atoms with Crippen LogP contribution >= 0.6 is 35.3 Å². The monoisotopic (exact) mass is 557 g/mol. The predicted octanol–water partition coefficient (Wildman–Crippen LogP) is 4.41. The molecule has 0 spiro atoms. The lowest BCUT2D eigenvalue weighted by Gasteiger charge is -2.36. The van der Waals surface area contributed by atoms with Crippen LogP contribution in [0.25, 0.3) is 0 Å². The Labute approximate surface area is 207 Å². The molecule has 31 heavy (non-hydrogen) atoms. The SMILES string of the molecule is CCNC(=NCc1ccc(N2CC(C)OC(C)C2)nc1)NCC(C)(C)c1cccs1.I. The Morgan fingerprint density at radius 1 is 1.23 bits per heavy atom. The standard InChI is InChI=1S/C23H35N5OS.HI/c1-6-24-22(27-16-23(4,5)20-8-7-11-30-20)26-13-19-9-10-21(25-12-19)28-14-17(2)29-18(3)15-28;/h7-12,17-18H,6,13-16H2,1-5H3,(H2,24,26,27);1H. The van der Waals surface area contributed by atoms with Gasteiger partial charge in [-0.2, -0.15) is 0 Å². The molecule has 6 nitrogen and oxygen atoms in total. The molecule has 0 bridgehead atoms. The van der Waals surface area contributed by atoms with E-state index in [1.807, 2.05) is 6.20 Å². The molecule has 2 aromatic rings. The number of morpholine rings is 1. The number of halogens is 1. The first-order chi connectivity index (χ1) is 14.4. The molecule has 0 amide bonds. The van der Waals surface area contributed by atoms with Gasteiger partial charge in [-0.25, -0.2) is 9.98 Å². The Hall–Kier alpha value is -1.39. The van der Waals surface area contributed by atoms with Crippen molar-refractivity contribution in [2.24, 2.45) is 4.99 Å². The Balaban J connectivity index is 0.00000341. The molecule has 1 saturated heterocycles. The van der Waals surface area contributed by atoms with Gasteiger partial charge >= 0.3 is 0 Å². The quantitative estimate of drug-likeness (QED) is 0.300. The van der Waals surface area contributed by atoms with E-state index in [4.69, 9.17) is 9.73 Å². The van der Waals surface area contributed by atoms with Crippen LogP contribution in [0.1, 0.15) is 45.1 Å². The number of hydrogen-bond donors (Lipinski definition) is 2. The average molecular weight is 558 g/mol. The summed E-state index contributed by atoms with van der Waals surface area (Å²) in [5, 5.41) is 8.97. The van der Waals surface area contributed by atoms with Crippen molar-refractivity contribution in [2.75, 3.05) is 31.1 Å².